The summed E-state index contributed by atoms with van der Waals surface area (Å²) in [6, 6.07) is 15.7. The van der Waals surface area contributed by atoms with Gasteiger partial charge in [0.1, 0.15) is 5.82 Å². The van der Waals surface area contributed by atoms with E-state index in [1.807, 2.05) is 0 Å². The largest absolute Gasteiger partial charge is 0.454 e. The SMILES string of the molecule is O=C(Nc1ccc(NS(=O)(=O)c2ccc(F)cc2)cc1)C1CC(=O)N(c2ccc3c(c2)OCO3)C1. The van der Waals surface area contributed by atoms with Gasteiger partial charge in [-0.2, -0.15) is 0 Å². The highest BCUT2D eigenvalue weighted by molar-refractivity contribution is 7.92. The second-order valence-electron chi connectivity index (χ2n) is 8.07. The molecule has 11 heteroatoms. The average Bonchev–Trinajstić information content (AvgIpc) is 3.46. The van der Waals surface area contributed by atoms with Crippen LogP contribution in [0.4, 0.5) is 21.5 Å². The fourth-order valence-electron chi connectivity index (χ4n) is 3.88. The number of ether oxygens (including phenoxy) is 2. The number of benzene rings is 3. The number of anilines is 3. The number of carbonyl (C=O) groups excluding carboxylic acids is 2. The van der Waals surface area contributed by atoms with Gasteiger partial charge in [-0.1, -0.05) is 0 Å². The molecule has 2 amide bonds. The Hall–Kier alpha value is -4.12. The lowest BCUT2D eigenvalue weighted by atomic mass is 10.1. The molecule has 35 heavy (non-hydrogen) atoms. The molecule has 0 bridgehead atoms. The molecule has 3 aromatic rings. The monoisotopic (exact) mass is 497 g/mol. The fourth-order valence-corrected chi connectivity index (χ4v) is 4.94. The molecule has 0 spiro atoms. The summed E-state index contributed by atoms with van der Waals surface area (Å²) in [5, 5.41) is 2.76. The third-order valence-corrected chi connectivity index (χ3v) is 7.09. The molecule has 180 valence electrons. The van der Waals surface area contributed by atoms with Crippen LogP contribution in [0.1, 0.15) is 6.42 Å². The zero-order valence-electron chi connectivity index (χ0n) is 18.2. The smallest absolute Gasteiger partial charge is 0.261 e. The molecule has 2 N–H and O–H groups in total. The summed E-state index contributed by atoms with van der Waals surface area (Å²) >= 11 is 0. The molecular weight excluding hydrogens is 477 g/mol. The van der Waals surface area contributed by atoms with Gasteiger partial charge >= 0.3 is 0 Å². The molecule has 3 aromatic carbocycles. The quantitative estimate of drug-likeness (QED) is 0.540. The number of amides is 2. The van der Waals surface area contributed by atoms with E-state index in [2.05, 4.69) is 10.0 Å². The van der Waals surface area contributed by atoms with Crippen LogP contribution in [-0.2, 0) is 19.6 Å². The van der Waals surface area contributed by atoms with Gasteiger partial charge in [-0.15, -0.1) is 0 Å². The molecular formula is C24H20FN3O6S. The molecule has 0 saturated carbocycles. The maximum Gasteiger partial charge on any atom is 0.261 e. The molecule has 2 heterocycles. The lowest BCUT2D eigenvalue weighted by Crippen LogP contribution is -2.28. The second kappa shape index (κ2) is 8.91. The van der Waals surface area contributed by atoms with Crippen molar-refractivity contribution in [3.05, 3.63) is 72.5 Å². The Morgan fingerprint density at radius 3 is 2.37 bits per heavy atom. The van der Waals surface area contributed by atoms with Gasteiger partial charge in [-0.05, 0) is 60.7 Å². The van der Waals surface area contributed by atoms with Gasteiger partial charge in [0.2, 0.25) is 18.6 Å². The minimum absolute atomic E-state index is 0.0653. The van der Waals surface area contributed by atoms with Crippen LogP contribution in [0.3, 0.4) is 0 Å². The van der Waals surface area contributed by atoms with E-state index < -0.39 is 21.8 Å². The van der Waals surface area contributed by atoms with E-state index in [1.54, 1.807) is 35.2 Å². The third-order valence-electron chi connectivity index (χ3n) is 5.69. The van der Waals surface area contributed by atoms with Crippen LogP contribution < -0.4 is 24.4 Å². The van der Waals surface area contributed by atoms with Gasteiger partial charge in [0.05, 0.1) is 10.8 Å². The second-order valence-corrected chi connectivity index (χ2v) is 9.75. The molecule has 9 nitrogen and oxygen atoms in total. The average molecular weight is 498 g/mol. The number of hydrogen-bond donors (Lipinski definition) is 2. The zero-order chi connectivity index (χ0) is 24.6. The summed E-state index contributed by atoms with van der Waals surface area (Å²) < 4.78 is 51.0. The summed E-state index contributed by atoms with van der Waals surface area (Å²) in [4.78, 5) is 26.8. The first-order chi connectivity index (χ1) is 16.8. The Morgan fingerprint density at radius 2 is 1.63 bits per heavy atom. The Morgan fingerprint density at radius 1 is 0.943 bits per heavy atom. The number of fused-ring (bicyclic) bond motifs is 1. The Labute approximate surface area is 200 Å². The molecule has 0 aliphatic carbocycles. The number of halogens is 1. The Balaban J connectivity index is 1.21. The minimum atomic E-state index is -3.89. The highest BCUT2D eigenvalue weighted by Gasteiger charge is 2.35. The zero-order valence-corrected chi connectivity index (χ0v) is 19.0. The van der Waals surface area contributed by atoms with Crippen molar-refractivity contribution in [2.45, 2.75) is 11.3 Å². The molecule has 2 aliphatic heterocycles. The molecule has 5 rings (SSSR count). The standard InChI is InChI=1S/C24H20FN3O6S/c25-16-1-8-20(9-2-16)35(31,32)27-18-5-3-17(4-6-18)26-24(30)15-11-23(29)28(13-15)19-7-10-21-22(12-19)34-14-33-21/h1-10,12,15,27H,11,13-14H2,(H,26,30). The number of nitrogens with zero attached hydrogens (tertiary/aromatic N) is 1. The molecule has 1 saturated heterocycles. The van der Waals surface area contributed by atoms with Crippen LogP contribution in [0.2, 0.25) is 0 Å². The molecule has 1 fully saturated rings. The number of carbonyl (C=O) groups is 2. The molecule has 0 aromatic heterocycles. The summed E-state index contributed by atoms with van der Waals surface area (Å²) in [6.45, 7) is 0.351. The maximum absolute atomic E-state index is 13.1. The Kier molecular flexibility index (Phi) is 5.77. The van der Waals surface area contributed by atoms with Gasteiger partial charge in [0.15, 0.2) is 11.5 Å². The van der Waals surface area contributed by atoms with Crippen LogP contribution >= 0.6 is 0 Å². The summed E-state index contributed by atoms with van der Waals surface area (Å²) in [7, 11) is -3.89. The summed E-state index contributed by atoms with van der Waals surface area (Å²) in [5.41, 5.74) is 1.36. The van der Waals surface area contributed by atoms with Crippen molar-refractivity contribution in [2.75, 3.05) is 28.3 Å². The van der Waals surface area contributed by atoms with E-state index in [-0.39, 0.29) is 42.2 Å². The maximum atomic E-state index is 13.1. The van der Waals surface area contributed by atoms with E-state index in [0.29, 0.717) is 22.9 Å². The van der Waals surface area contributed by atoms with Gasteiger partial charge < -0.3 is 19.7 Å². The van der Waals surface area contributed by atoms with Crippen molar-refractivity contribution in [3.8, 4) is 11.5 Å². The van der Waals surface area contributed by atoms with Crippen LogP contribution in [-0.4, -0.2) is 33.6 Å². The summed E-state index contributed by atoms with van der Waals surface area (Å²) in [5.74, 6) is -0.413. The predicted octanol–water partition coefficient (Wildman–Crippen LogP) is 3.35. The van der Waals surface area contributed by atoms with Crippen molar-refractivity contribution < 1.29 is 31.9 Å². The van der Waals surface area contributed by atoms with Crippen LogP contribution in [0.25, 0.3) is 0 Å². The van der Waals surface area contributed by atoms with Crippen molar-refractivity contribution in [3.63, 3.8) is 0 Å². The summed E-state index contributed by atoms with van der Waals surface area (Å²) in [6.07, 6.45) is 0.0653. The van der Waals surface area contributed by atoms with Gasteiger partial charge in [0.25, 0.3) is 10.0 Å². The number of rotatable bonds is 6. The fraction of sp³-hybridized carbons (Fsp3) is 0.167. The van der Waals surface area contributed by atoms with Crippen molar-refractivity contribution in [1.82, 2.24) is 0 Å². The Bertz CT molecular complexity index is 1390. The molecule has 0 radical (unpaired) electrons. The molecule has 1 unspecified atom stereocenters. The first kappa shape index (κ1) is 22.7. The normalized spacial score (nSPS) is 16.9. The van der Waals surface area contributed by atoms with Crippen LogP contribution in [0.5, 0.6) is 11.5 Å². The van der Waals surface area contributed by atoms with Crippen molar-refractivity contribution in [1.29, 1.82) is 0 Å². The minimum Gasteiger partial charge on any atom is -0.454 e. The van der Waals surface area contributed by atoms with Gasteiger partial charge in [-0.3, -0.25) is 14.3 Å². The highest BCUT2D eigenvalue weighted by Crippen LogP contribution is 2.37. The lowest BCUT2D eigenvalue weighted by Gasteiger charge is -2.17. The number of nitrogens with one attached hydrogen (secondary N) is 2. The molecule has 1 atom stereocenters. The van der Waals surface area contributed by atoms with E-state index in [0.717, 1.165) is 12.1 Å². The number of hydrogen-bond acceptors (Lipinski definition) is 6. The van der Waals surface area contributed by atoms with E-state index in [4.69, 9.17) is 9.47 Å². The first-order valence-electron chi connectivity index (χ1n) is 10.7. The lowest BCUT2D eigenvalue weighted by molar-refractivity contribution is -0.122. The van der Waals surface area contributed by atoms with E-state index >= 15 is 0 Å². The van der Waals surface area contributed by atoms with E-state index in [1.165, 1.54) is 24.3 Å². The predicted molar refractivity (Wildman–Crippen MR) is 125 cm³/mol. The van der Waals surface area contributed by atoms with Crippen LogP contribution in [0.15, 0.2) is 71.6 Å². The third kappa shape index (κ3) is 4.76. The first-order valence-corrected chi connectivity index (χ1v) is 12.2. The number of sulfonamides is 1. The topological polar surface area (TPSA) is 114 Å². The highest BCUT2D eigenvalue weighted by atomic mass is 32.2. The van der Waals surface area contributed by atoms with Crippen LogP contribution in [0, 0.1) is 11.7 Å². The van der Waals surface area contributed by atoms with Gasteiger partial charge in [-0.25, -0.2) is 12.8 Å². The van der Waals surface area contributed by atoms with E-state index in [9.17, 15) is 22.4 Å². The van der Waals surface area contributed by atoms with Crippen molar-refractivity contribution in [2.24, 2.45) is 5.92 Å². The van der Waals surface area contributed by atoms with Gasteiger partial charge in [0, 0.05) is 36.1 Å². The molecule has 2 aliphatic rings. The van der Waals surface area contributed by atoms with Crippen molar-refractivity contribution >= 4 is 38.9 Å².